The molecule has 0 aromatic carbocycles. The Bertz CT molecular complexity index is 59.4. The van der Waals surface area contributed by atoms with E-state index in [2.05, 4.69) is 13.5 Å². The molecule has 0 aromatic rings. The number of hydrogen-bond acceptors (Lipinski definition) is 1. The van der Waals surface area contributed by atoms with Crippen LogP contribution in [0.15, 0.2) is 12.7 Å². The Morgan fingerprint density at radius 1 is 1.75 bits per heavy atom. The molecule has 1 atom stereocenters. The first-order chi connectivity index (χ1) is 3.81. The summed E-state index contributed by atoms with van der Waals surface area (Å²) in [6.45, 7) is 5.72. The van der Waals surface area contributed by atoms with Gasteiger partial charge in [0.2, 0.25) is 0 Å². The summed E-state index contributed by atoms with van der Waals surface area (Å²) in [6.07, 6.45) is 5.12. The molecular formula is C7H15N. The van der Waals surface area contributed by atoms with Crippen LogP contribution in [0.1, 0.15) is 26.2 Å². The Hall–Kier alpha value is -0.300. The van der Waals surface area contributed by atoms with E-state index in [0.29, 0.717) is 6.04 Å². The van der Waals surface area contributed by atoms with Crippen LogP contribution in [0.2, 0.25) is 0 Å². The molecule has 0 aliphatic heterocycles. The molecule has 0 radical (unpaired) electrons. The molecule has 0 aliphatic rings. The fourth-order valence-corrected chi connectivity index (χ4v) is 0.536. The van der Waals surface area contributed by atoms with E-state index in [1.165, 1.54) is 0 Å². The van der Waals surface area contributed by atoms with Gasteiger partial charge in [0.15, 0.2) is 0 Å². The lowest BCUT2D eigenvalue weighted by Crippen LogP contribution is -2.17. The molecule has 0 aromatic heterocycles. The number of hydrogen-bond donors (Lipinski definition) is 1. The molecule has 0 rings (SSSR count). The molecule has 0 spiro atoms. The minimum Gasteiger partial charge on any atom is -0.328 e. The van der Waals surface area contributed by atoms with Crippen LogP contribution in [0.5, 0.6) is 0 Å². The zero-order valence-corrected chi connectivity index (χ0v) is 5.56. The molecule has 0 fully saturated rings. The number of rotatable bonds is 4. The van der Waals surface area contributed by atoms with Gasteiger partial charge in [0, 0.05) is 6.04 Å². The predicted molar refractivity (Wildman–Crippen MR) is 37.7 cm³/mol. The normalized spacial score (nSPS) is 13.2. The molecule has 0 amide bonds. The quantitative estimate of drug-likeness (QED) is 0.552. The summed E-state index contributed by atoms with van der Waals surface area (Å²) in [5, 5.41) is 0. The molecule has 0 bridgehead atoms. The lowest BCUT2D eigenvalue weighted by molar-refractivity contribution is 0.603. The van der Waals surface area contributed by atoms with Gasteiger partial charge in [0.25, 0.3) is 0 Å². The first-order valence-corrected chi connectivity index (χ1v) is 3.17. The van der Waals surface area contributed by atoms with Crippen LogP contribution in [0, 0.1) is 0 Å². The van der Waals surface area contributed by atoms with Crippen LogP contribution in [0.25, 0.3) is 0 Å². The van der Waals surface area contributed by atoms with Crippen LogP contribution >= 0.6 is 0 Å². The molecule has 1 nitrogen and oxygen atoms in total. The van der Waals surface area contributed by atoms with E-state index in [0.717, 1.165) is 19.3 Å². The van der Waals surface area contributed by atoms with Gasteiger partial charge in [-0.05, 0) is 19.3 Å². The van der Waals surface area contributed by atoms with Gasteiger partial charge in [0.05, 0.1) is 0 Å². The van der Waals surface area contributed by atoms with Crippen LogP contribution in [0.3, 0.4) is 0 Å². The highest BCUT2D eigenvalue weighted by atomic mass is 14.6. The van der Waals surface area contributed by atoms with Crippen molar-refractivity contribution in [1.82, 2.24) is 0 Å². The van der Waals surface area contributed by atoms with Gasteiger partial charge in [-0.1, -0.05) is 13.0 Å². The summed E-state index contributed by atoms with van der Waals surface area (Å²) < 4.78 is 0. The monoisotopic (exact) mass is 113 g/mol. The maximum absolute atomic E-state index is 5.61. The van der Waals surface area contributed by atoms with Gasteiger partial charge in [-0.3, -0.25) is 0 Å². The van der Waals surface area contributed by atoms with E-state index < -0.39 is 0 Å². The van der Waals surface area contributed by atoms with Crippen molar-refractivity contribution < 1.29 is 0 Å². The van der Waals surface area contributed by atoms with E-state index in [9.17, 15) is 0 Å². The zero-order valence-electron chi connectivity index (χ0n) is 5.56. The van der Waals surface area contributed by atoms with Gasteiger partial charge < -0.3 is 5.73 Å². The lowest BCUT2D eigenvalue weighted by Gasteiger charge is -2.03. The van der Waals surface area contributed by atoms with Crippen molar-refractivity contribution in [2.45, 2.75) is 32.2 Å². The van der Waals surface area contributed by atoms with E-state index in [1.54, 1.807) is 0 Å². The summed E-state index contributed by atoms with van der Waals surface area (Å²) >= 11 is 0. The molecule has 1 heteroatoms. The maximum Gasteiger partial charge on any atom is 0.00391 e. The third-order valence-corrected chi connectivity index (χ3v) is 1.27. The summed E-state index contributed by atoms with van der Waals surface area (Å²) in [4.78, 5) is 0. The van der Waals surface area contributed by atoms with Gasteiger partial charge in [-0.25, -0.2) is 0 Å². The molecule has 0 aliphatic carbocycles. The largest absolute Gasteiger partial charge is 0.328 e. The summed E-state index contributed by atoms with van der Waals surface area (Å²) in [7, 11) is 0. The van der Waals surface area contributed by atoms with E-state index >= 15 is 0 Å². The van der Waals surface area contributed by atoms with Crippen molar-refractivity contribution in [1.29, 1.82) is 0 Å². The second-order valence-electron chi connectivity index (χ2n) is 2.03. The Balaban J connectivity index is 2.97. The van der Waals surface area contributed by atoms with Crippen LogP contribution in [-0.4, -0.2) is 6.04 Å². The first-order valence-electron chi connectivity index (χ1n) is 3.17. The highest BCUT2D eigenvalue weighted by Crippen LogP contribution is 1.97. The highest BCUT2D eigenvalue weighted by molar-refractivity contribution is 4.70. The van der Waals surface area contributed by atoms with E-state index in [1.807, 2.05) is 6.08 Å². The van der Waals surface area contributed by atoms with Gasteiger partial charge in [0.1, 0.15) is 0 Å². The molecule has 2 N–H and O–H groups in total. The van der Waals surface area contributed by atoms with Crippen molar-refractivity contribution in [3.05, 3.63) is 12.7 Å². The maximum atomic E-state index is 5.61. The fourth-order valence-electron chi connectivity index (χ4n) is 0.536. The molecule has 0 saturated heterocycles. The Morgan fingerprint density at radius 3 is 2.75 bits per heavy atom. The predicted octanol–water partition coefficient (Wildman–Crippen LogP) is 1.69. The van der Waals surface area contributed by atoms with Crippen molar-refractivity contribution in [2.75, 3.05) is 0 Å². The first kappa shape index (κ1) is 7.70. The van der Waals surface area contributed by atoms with Crippen molar-refractivity contribution in [2.24, 2.45) is 5.73 Å². The van der Waals surface area contributed by atoms with Crippen molar-refractivity contribution in [3.8, 4) is 0 Å². The molecule has 48 valence electrons. The van der Waals surface area contributed by atoms with Crippen LogP contribution in [0.4, 0.5) is 0 Å². The standard InChI is InChI=1S/C7H15N/c1-3-5-6-7(8)4-2/h3,7H,1,4-6,8H2,2H3/t7-/m0/s1. The fraction of sp³-hybridized carbons (Fsp3) is 0.714. The zero-order chi connectivity index (χ0) is 6.41. The second kappa shape index (κ2) is 4.85. The molecule has 8 heavy (non-hydrogen) atoms. The summed E-state index contributed by atoms with van der Waals surface area (Å²) in [5.41, 5.74) is 5.61. The van der Waals surface area contributed by atoms with Crippen LogP contribution in [-0.2, 0) is 0 Å². The van der Waals surface area contributed by atoms with Gasteiger partial charge in [-0.15, -0.1) is 6.58 Å². The lowest BCUT2D eigenvalue weighted by atomic mass is 10.1. The Labute approximate surface area is 51.6 Å². The third kappa shape index (κ3) is 3.88. The summed E-state index contributed by atoms with van der Waals surface area (Å²) in [6, 6.07) is 0.382. The van der Waals surface area contributed by atoms with Crippen molar-refractivity contribution in [3.63, 3.8) is 0 Å². The van der Waals surface area contributed by atoms with E-state index in [4.69, 9.17) is 5.73 Å². The minimum atomic E-state index is 0.382. The highest BCUT2D eigenvalue weighted by Gasteiger charge is 1.93. The average molecular weight is 113 g/mol. The number of nitrogens with two attached hydrogens (primary N) is 1. The average Bonchev–Trinajstić information content (AvgIpc) is 1.83. The molecule has 0 saturated carbocycles. The molecular weight excluding hydrogens is 98.1 g/mol. The van der Waals surface area contributed by atoms with E-state index in [-0.39, 0.29) is 0 Å². The van der Waals surface area contributed by atoms with Gasteiger partial charge >= 0.3 is 0 Å². The smallest absolute Gasteiger partial charge is 0.00391 e. The molecule has 0 unspecified atom stereocenters. The second-order valence-corrected chi connectivity index (χ2v) is 2.03. The third-order valence-electron chi connectivity index (χ3n) is 1.27. The summed E-state index contributed by atoms with van der Waals surface area (Å²) in [5.74, 6) is 0. The van der Waals surface area contributed by atoms with Crippen molar-refractivity contribution >= 4 is 0 Å². The number of allylic oxidation sites excluding steroid dienone is 1. The van der Waals surface area contributed by atoms with Crippen LogP contribution < -0.4 is 5.73 Å². The minimum absolute atomic E-state index is 0.382. The Morgan fingerprint density at radius 2 is 2.38 bits per heavy atom. The SMILES string of the molecule is C=CCC[C@@H](N)CC. The Kier molecular flexibility index (Phi) is 4.67. The van der Waals surface area contributed by atoms with Gasteiger partial charge in [-0.2, -0.15) is 0 Å². The topological polar surface area (TPSA) is 26.0 Å². The molecule has 0 heterocycles.